The van der Waals surface area contributed by atoms with E-state index in [0.717, 1.165) is 38.3 Å². The number of ether oxygens (including phenoxy) is 2. The van der Waals surface area contributed by atoms with Gasteiger partial charge in [0, 0.05) is 39.3 Å². The van der Waals surface area contributed by atoms with Gasteiger partial charge in [-0.25, -0.2) is 0 Å². The molecule has 4 rings (SSSR count). The fourth-order valence-electron chi connectivity index (χ4n) is 4.00. The summed E-state index contributed by atoms with van der Waals surface area (Å²) in [4.78, 5) is 28.9. The van der Waals surface area contributed by atoms with E-state index in [2.05, 4.69) is 22.3 Å². The zero-order valence-electron chi connectivity index (χ0n) is 17.9. The highest BCUT2D eigenvalue weighted by Crippen LogP contribution is 2.28. The lowest BCUT2D eigenvalue weighted by Gasteiger charge is -2.37. The van der Waals surface area contributed by atoms with Gasteiger partial charge in [-0.3, -0.25) is 14.5 Å². The summed E-state index contributed by atoms with van der Waals surface area (Å²) in [5.41, 5.74) is 2.31. The van der Waals surface area contributed by atoms with Crippen LogP contribution in [0.4, 0.5) is 11.4 Å². The molecule has 0 bridgehead atoms. The predicted octanol–water partition coefficient (Wildman–Crippen LogP) is 2.23. The molecule has 1 fully saturated rings. The largest absolute Gasteiger partial charge is 0.493 e. The van der Waals surface area contributed by atoms with Gasteiger partial charge in [-0.2, -0.15) is 0 Å². The summed E-state index contributed by atoms with van der Waals surface area (Å²) < 4.78 is 10.6. The Bertz CT molecular complexity index is 1100. The molecule has 0 saturated carbocycles. The van der Waals surface area contributed by atoms with Crippen LogP contribution in [-0.2, 0) is 13.1 Å². The molecule has 1 heterocycles. The fraction of sp³-hybridized carbons (Fsp3) is 0.333. The number of hydrogen-bond acceptors (Lipinski definition) is 7. The Balaban J connectivity index is 1.39. The molecule has 0 aliphatic carbocycles. The molecule has 7 nitrogen and oxygen atoms in total. The molecular weight excluding hydrogens is 394 g/mol. The van der Waals surface area contributed by atoms with Gasteiger partial charge in [-0.15, -0.1) is 0 Å². The van der Waals surface area contributed by atoms with Crippen LogP contribution in [0, 0.1) is 0 Å². The monoisotopic (exact) mass is 421 g/mol. The van der Waals surface area contributed by atoms with Crippen molar-refractivity contribution in [3.63, 3.8) is 0 Å². The molecule has 7 heteroatoms. The average Bonchev–Trinajstić information content (AvgIpc) is 2.82. The minimum Gasteiger partial charge on any atom is -0.493 e. The normalized spacial score (nSPS) is 14.6. The van der Waals surface area contributed by atoms with Crippen molar-refractivity contribution in [1.29, 1.82) is 0 Å². The zero-order chi connectivity index (χ0) is 21.8. The standard InChI is InChI=1S/C24H27N3O4/c1-30-19-9-8-18(14-20(19)31-2)15-25-21-22(24(29)23(21)28)27-12-10-26(11-13-27)16-17-6-4-3-5-7-17/h3-9,14,25H,10-13,15-16H2,1-2H3. The Morgan fingerprint density at radius 2 is 1.55 bits per heavy atom. The SMILES string of the molecule is COc1ccc(CNc2c(N3CCN(Cc4ccccc4)CC3)c(=O)c2=O)cc1OC. The van der Waals surface area contributed by atoms with Crippen LogP contribution in [0.1, 0.15) is 11.1 Å². The topological polar surface area (TPSA) is 71.1 Å². The number of benzene rings is 2. The van der Waals surface area contributed by atoms with Crippen LogP contribution in [0.15, 0.2) is 58.1 Å². The van der Waals surface area contributed by atoms with Crippen molar-refractivity contribution in [3.05, 3.63) is 80.1 Å². The molecule has 0 atom stereocenters. The van der Waals surface area contributed by atoms with Crippen molar-refractivity contribution in [1.82, 2.24) is 4.90 Å². The van der Waals surface area contributed by atoms with Crippen molar-refractivity contribution in [2.75, 3.05) is 50.6 Å². The minimum atomic E-state index is -0.442. The molecule has 1 N–H and O–H groups in total. The molecule has 1 saturated heterocycles. The Morgan fingerprint density at radius 1 is 0.839 bits per heavy atom. The summed E-state index contributed by atoms with van der Waals surface area (Å²) in [6.07, 6.45) is 0. The number of piperazine rings is 1. The van der Waals surface area contributed by atoms with Crippen molar-refractivity contribution < 1.29 is 9.47 Å². The molecule has 0 spiro atoms. The van der Waals surface area contributed by atoms with Crippen LogP contribution in [0.25, 0.3) is 0 Å². The van der Waals surface area contributed by atoms with E-state index in [0.29, 0.717) is 29.4 Å². The third kappa shape index (κ3) is 4.41. The average molecular weight is 421 g/mol. The molecule has 31 heavy (non-hydrogen) atoms. The Kier molecular flexibility index (Phi) is 6.23. The first-order chi connectivity index (χ1) is 15.1. The summed E-state index contributed by atoms with van der Waals surface area (Å²) in [6.45, 7) is 4.47. The number of nitrogens with one attached hydrogen (secondary N) is 1. The summed E-state index contributed by atoms with van der Waals surface area (Å²) in [5.74, 6) is 1.27. The highest BCUT2D eigenvalue weighted by Gasteiger charge is 2.28. The van der Waals surface area contributed by atoms with Crippen LogP contribution >= 0.6 is 0 Å². The van der Waals surface area contributed by atoms with Gasteiger partial charge in [-0.05, 0) is 23.3 Å². The lowest BCUT2D eigenvalue weighted by molar-refractivity contribution is 0.249. The second-order valence-electron chi connectivity index (χ2n) is 7.67. The third-order valence-electron chi connectivity index (χ3n) is 5.74. The van der Waals surface area contributed by atoms with Crippen LogP contribution in [0.3, 0.4) is 0 Å². The predicted molar refractivity (Wildman–Crippen MR) is 122 cm³/mol. The highest BCUT2D eigenvalue weighted by atomic mass is 16.5. The molecule has 162 valence electrons. The maximum atomic E-state index is 12.3. The first-order valence-corrected chi connectivity index (χ1v) is 10.4. The molecule has 0 unspecified atom stereocenters. The first kappa shape index (κ1) is 20.9. The fourth-order valence-corrected chi connectivity index (χ4v) is 4.00. The molecule has 0 amide bonds. The minimum absolute atomic E-state index is 0.397. The number of rotatable bonds is 8. The van der Waals surface area contributed by atoms with Crippen molar-refractivity contribution in [3.8, 4) is 11.5 Å². The van der Waals surface area contributed by atoms with Gasteiger partial charge in [0.15, 0.2) is 11.5 Å². The summed E-state index contributed by atoms with van der Waals surface area (Å²) >= 11 is 0. The van der Waals surface area contributed by atoms with Crippen molar-refractivity contribution >= 4 is 11.4 Å². The maximum absolute atomic E-state index is 12.3. The lowest BCUT2D eigenvalue weighted by Crippen LogP contribution is -2.51. The van der Waals surface area contributed by atoms with Gasteiger partial charge in [0.05, 0.1) is 14.2 Å². The molecule has 3 aromatic rings. The summed E-state index contributed by atoms with van der Waals surface area (Å²) in [6, 6.07) is 15.9. The van der Waals surface area contributed by atoms with Gasteiger partial charge >= 0.3 is 0 Å². The summed E-state index contributed by atoms with van der Waals surface area (Å²) in [5, 5.41) is 3.16. The van der Waals surface area contributed by atoms with Crippen LogP contribution in [0.5, 0.6) is 11.5 Å². The van der Waals surface area contributed by atoms with E-state index in [1.165, 1.54) is 5.56 Å². The van der Waals surface area contributed by atoms with E-state index < -0.39 is 10.9 Å². The van der Waals surface area contributed by atoms with E-state index in [-0.39, 0.29) is 0 Å². The van der Waals surface area contributed by atoms with Crippen LogP contribution in [-0.4, -0.2) is 45.3 Å². The molecular formula is C24H27N3O4. The second-order valence-corrected chi connectivity index (χ2v) is 7.67. The number of nitrogens with zero attached hydrogens (tertiary/aromatic N) is 2. The van der Waals surface area contributed by atoms with Crippen molar-refractivity contribution in [2.24, 2.45) is 0 Å². The van der Waals surface area contributed by atoms with Crippen LogP contribution in [0.2, 0.25) is 0 Å². The Hall–Kier alpha value is -3.32. The van der Waals surface area contributed by atoms with Gasteiger partial charge in [-0.1, -0.05) is 36.4 Å². The van der Waals surface area contributed by atoms with Gasteiger partial charge in [0.25, 0.3) is 10.9 Å². The smallest absolute Gasteiger partial charge is 0.253 e. The van der Waals surface area contributed by atoms with E-state index in [1.807, 2.05) is 41.3 Å². The lowest BCUT2D eigenvalue weighted by atomic mass is 10.1. The van der Waals surface area contributed by atoms with Gasteiger partial charge < -0.3 is 19.7 Å². The van der Waals surface area contributed by atoms with E-state index in [1.54, 1.807) is 14.2 Å². The molecule has 1 aliphatic rings. The number of methoxy groups -OCH3 is 2. The molecule has 1 aliphatic heterocycles. The van der Waals surface area contributed by atoms with E-state index in [4.69, 9.17) is 9.47 Å². The molecule has 0 aromatic heterocycles. The van der Waals surface area contributed by atoms with Gasteiger partial charge in [0.1, 0.15) is 11.4 Å². The maximum Gasteiger partial charge on any atom is 0.253 e. The highest BCUT2D eigenvalue weighted by molar-refractivity contribution is 5.75. The van der Waals surface area contributed by atoms with Crippen LogP contribution < -0.4 is 30.5 Å². The van der Waals surface area contributed by atoms with E-state index in [9.17, 15) is 9.59 Å². The molecule has 0 radical (unpaired) electrons. The Morgan fingerprint density at radius 3 is 2.23 bits per heavy atom. The number of hydrogen-bond donors (Lipinski definition) is 1. The quantitative estimate of drug-likeness (QED) is 0.559. The van der Waals surface area contributed by atoms with Crippen molar-refractivity contribution in [2.45, 2.75) is 13.1 Å². The van der Waals surface area contributed by atoms with E-state index >= 15 is 0 Å². The zero-order valence-corrected chi connectivity index (χ0v) is 17.9. The summed E-state index contributed by atoms with van der Waals surface area (Å²) in [7, 11) is 3.17. The first-order valence-electron chi connectivity index (χ1n) is 10.4. The Labute approximate surface area is 181 Å². The third-order valence-corrected chi connectivity index (χ3v) is 5.74. The van der Waals surface area contributed by atoms with Gasteiger partial charge in [0.2, 0.25) is 0 Å². The number of anilines is 2. The second kappa shape index (κ2) is 9.22. The molecule has 3 aromatic carbocycles.